The lowest BCUT2D eigenvalue weighted by Crippen LogP contribution is -2.60. The monoisotopic (exact) mass is 358 g/mol. The predicted molar refractivity (Wildman–Crippen MR) is 90.6 cm³/mol. The van der Waals surface area contributed by atoms with Crippen LogP contribution in [0.25, 0.3) is 0 Å². The van der Waals surface area contributed by atoms with Gasteiger partial charge in [-0.2, -0.15) is 4.48 Å². The number of nitrogens with one attached hydrogen (secondary N) is 1. The molecule has 7 nitrogen and oxygen atoms in total. The summed E-state index contributed by atoms with van der Waals surface area (Å²) >= 11 is 6.43. The molecule has 1 aliphatic heterocycles. The molecule has 2 amide bonds. The van der Waals surface area contributed by atoms with Crippen molar-refractivity contribution in [2.24, 2.45) is 0 Å². The van der Waals surface area contributed by atoms with E-state index in [1.165, 1.54) is 0 Å². The highest BCUT2D eigenvalue weighted by Crippen LogP contribution is 2.40. The van der Waals surface area contributed by atoms with Crippen LogP contribution in [0, 0.1) is 0 Å². The molecule has 0 saturated carbocycles. The highest BCUT2D eigenvalue weighted by atomic mass is 35.5. The number of amides is 2. The number of carbonyl (C=O) groups excluding carboxylic acids is 2. The zero-order valence-electron chi connectivity index (χ0n) is 14.6. The van der Waals surface area contributed by atoms with Gasteiger partial charge in [0.05, 0.1) is 6.54 Å². The van der Waals surface area contributed by atoms with Crippen molar-refractivity contribution in [3.63, 3.8) is 0 Å². The third-order valence-electron chi connectivity index (χ3n) is 4.39. The number of esters is 1. The van der Waals surface area contributed by atoms with Gasteiger partial charge in [0, 0.05) is 12.8 Å². The van der Waals surface area contributed by atoms with Crippen molar-refractivity contribution >= 4 is 29.4 Å². The van der Waals surface area contributed by atoms with Gasteiger partial charge in [-0.05, 0) is 18.0 Å². The standard InChI is InChI=1S/C16H24ClN3O4/c1-5-9-20(14-13(17)11(7-3)24-19-14)15(23-12(21)8-4)10(6-2)18-16(20)22/h10,15H,5-9H2,1-4H3/p+1. The second kappa shape index (κ2) is 7.53. The van der Waals surface area contributed by atoms with E-state index in [-0.39, 0.29) is 28.9 Å². The molecular formula is C16H25ClN3O4+. The van der Waals surface area contributed by atoms with Gasteiger partial charge in [-0.3, -0.25) is 10.1 Å². The van der Waals surface area contributed by atoms with Gasteiger partial charge >= 0.3 is 12.0 Å². The number of rotatable bonds is 7. The summed E-state index contributed by atoms with van der Waals surface area (Å²) in [6.07, 6.45) is 1.42. The van der Waals surface area contributed by atoms with Crippen molar-refractivity contribution in [2.75, 3.05) is 6.54 Å². The summed E-state index contributed by atoms with van der Waals surface area (Å²) < 4.78 is 10.7. The fraction of sp³-hybridized carbons (Fsp3) is 0.688. The molecule has 1 aromatic rings. The van der Waals surface area contributed by atoms with Crippen LogP contribution in [0.3, 0.4) is 0 Å². The minimum Gasteiger partial charge on any atom is -0.409 e. The lowest BCUT2D eigenvalue weighted by Gasteiger charge is -2.33. The molecule has 1 fully saturated rings. The Bertz CT molecular complexity index is 618. The van der Waals surface area contributed by atoms with Gasteiger partial charge in [-0.1, -0.05) is 39.3 Å². The second-order valence-corrected chi connectivity index (χ2v) is 6.27. The van der Waals surface area contributed by atoms with Gasteiger partial charge in [0.1, 0.15) is 6.04 Å². The SMILES string of the molecule is CCC[N+]1(c2noc(CC)c2Cl)C(=O)NC(CC)C1OC(=O)CC. The summed E-state index contributed by atoms with van der Waals surface area (Å²) in [7, 11) is 0. The van der Waals surface area contributed by atoms with E-state index in [2.05, 4.69) is 10.5 Å². The van der Waals surface area contributed by atoms with Gasteiger partial charge in [0.25, 0.3) is 12.0 Å². The number of aromatic nitrogens is 1. The first-order valence-corrected chi connectivity index (χ1v) is 8.86. The summed E-state index contributed by atoms with van der Waals surface area (Å²) in [5.74, 6) is 0.482. The average molecular weight is 359 g/mol. The van der Waals surface area contributed by atoms with Crippen LogP contribution in [0.1, 0.15) is 52.7 Å². The van der Waals surface area contributed by atoms with E-state index < -0.39 is 6.23 Å². The molecular weight excluding hydrogens is 334 g/mol. The van der Waals surface area contributed by atoms with E-state index in [0.29, 0.717) is 42.4 Å². The molecule has 24 heavy (non-hydrogen) atoms. The molecule has 1 aliphatic rings. The molecule has 2 rings (SSSR count). The van der Waals surface area contributed by atoms with Gasteiger partial charge in [-0.25, -0.2) is 4.79 Å². The summed E-state index contributed by atoms with van der Waals surface area (Å²) in [4.78, 5) is 24.9. The average Bonchev–Trinajstić information content (AvgIpc) is 3.07. The highest BCUT2D eigenvalue weighted by Gasteiger charge is 2.61. The Morgan fingerprint density at radius 1 is 1.38 bits per heavy atom. The van der Waals surface area contributed by atoms with Crippen LogP contribution in [-0.2, 0) is 16.0 Å². The minimum absolute atomic E-state index is 0.236. The molecule has 8 heteroatoms. The predicted octanol–water partition coefficient (Wildman–Crippen LogP) is 3.39. The fourth-order valence-electron chi connectivity index (χ4n) is 3.14. The molecule has 2 heterocycles. The lowest BCUT2D eigenvalue weighted by atomic mass is 10.1. The highest BCUT2D eigenvalue weighted by molar-refractivity contribution is 6.33. The van der Waals surface area contributed by atoms with E-state index in [9.17, 15) is 9.59 Å². The molecule has 0 aliphatic carbocycles. The van der Waals surface area contributed by atoms with E-state index in [1.807, 2.05) is 20.8 Å². The Labute approximate surface area is 146 Å². The third-order valence-corrected chi connectivity index (χ3v) is 4.77. The quantitative estimate of drug-likeness (QED) is 0.596. The first kappa shape index (κ1) is 18.7. The Hall–Kier alpha value is -1.60. The molecule has 1 N–H and O–H groups in total. The van der Waals surface area contributed by atoms with Crippen LogP contribution in [0.4, 0.5) is 10.6 Å². The third kappa shape index (κ3) is 2.91. The molecule has 1 saturated heterocycles. The topological polar surface area (TPSA) is 81.4 Å². The first-order chi connectivity index (χ1) is 11.5. The number of halogens is 1. The number of hydrogen-bond acceptors (Lipinski definition) is 5. The summed E-state index contributed by atoms with van der Waals surface area (Å²) in [5.41, 5.74) is 0. The van der Waals surface area contributed by atoms with E-state index in [0.717, 1.165) is 0 Å². The largest absolute Gasteiger partial charge is 0.426 e. The minimum atomic E-state index is -0.706. The summed E-state index contributed by atoms with van der Waals surface area (Å²) in [6.45, 7) is 7.93. The molecule has 3 atom stereocenters. The van der Waals surface area contributed by atoms with Gasteiger partial charge < -0.3 is 9.26 Å². The Morgan fingerprint density at radius 3 is 2.58 bits per heavy atom. The van der Waals surface area contributed by atoms with Crippen LogP contribution in [0.2, 0.25) is 5.02 Å². The number of ether oxygens (including phenoxy) is 1. The molecule has 0 aromatic carbocycles. The van der Waals surface area contributed by atoms with Gasteiger partial charge in [-0.15, -0.1) is 0 Å². The first-order valence-electron chi connectivity index (χ1n) is 8.48. The van der Waals surface area contributed by atoms with Crippen LogP contribution < -0.4 is 9.80 Å². The number of nitrogens with zero attached hydrogens (tertiary/aromatic N) is 2. The van der Waals surface area contributed by atoms with Crippen molar-refractivity contribution in [3.8, 4) is 0 Å². The van der Waals surface area contributed by atoms with Crippen molar-refractivity contribution in [3.05, 3.63) is 10.8 Å². The summed E-state index contributed by atoms with van der Waals surface area (Å²) in [5, 5.41) is 7.33. The number of urea groups is 1. The molecule has 1 aromatic heterocycles. The van der Waals surface area contributed by atoms with E-state index in [4.69, 9.17) is 20.9 Å². The molecule has 3 unspecified atom stereocenters. The molecule has 0 bridgehead atoms. The normalized spacial score (nSPS) is 26.5. The van der Waals surface area contributed by atoms with Crippen molar-refractivity contribution < 1.29 is 18.8 Å². The lowest BCUT2D eigenvalue weighted by molar-refractivity contribution is -0.155. The maximum absolute atomic E-state index is 12.9. The van der Waals surface area contributed by atoms with Gasteiger partial charge in [0.2, 0.25) is 0 Å². The molecule has 0 spiro atoms. The number of hydrogen-bond donors (Lipinski definition) is 1. The second-order valence-electron chi connectivity index (χ2n) is 5.89. The molecule has 0 radical (unpaired) electrons. The van der Waals surface area contributed by atoms with Crippen LogP contribution in [0.5, 0.6) is 0 Å². The van der Waals surface area contributed by atoms with E-state index >= 15 is 0 Å². The van der Waals surface area contributed by atoms with Crippen LogP contribution >= 0.6 is 11.6 Å². The Balaban J connectivity index is 2.59. The Morgan fingerprint density at radius 2 is 2.08 bits per heavy atom. The smallest absolute Gasteiger partial charge is 0.409 e. The van der Waals surface area contributed by atoms with Crippen molar-refractivity contribution in [1.82, 2.24) is 15.0 Å². The maximum atomic E-state index is 12.9. The zero-order chi connectivity index (χ0) is 17.9. The van der Waals surface area contributed by atoms with Crippen LogP contribution in [0.15, 0.2) is 4.52 Å². The van der Waals surface area contributed by atoms with Gasteiger partial charge in [0.15, 0.2) is 10.8 Å². The summed E-state index contributed by atoms with van der Waals surface area (Å²) in [6, 6.07) is -0.562. The fourth-order valence-corrected chi connectivity index (χ4v) is 3.49. The van der Waals surface area contributed by atoms with Crippen molar-refractivity contribution in [2.45, 2.75) is 65.6 Å². The number of carbonyl (C=O) groups is 2. The maximum Gasteiger partial charge on any atom is 0.426 e. The van der Waals surface area contributed by atoms with Crippen molar-refractivity contribution in [1.29, 1.82) is 0 Å². The van der Waals surface area contributed by atoms with E-state index in [1.54, 1.807) is 6.92 Å². The number of quaternary nitrogens is 1. The van der Waals surface area contributed by atoms with Crippen LogP contribution in [-0.4, -0.2) is 36.0 Å². The Kier molecular flexibility index (Phi) is 5.87. The molecule has 134 valence electrons. The zero-order valence-corrected chi connectivity index (χ0v) is 15.4. The number of aryl methyl sites for hydroxylation is 1.